The van der Waals surface area contributed by atoms with Crippen LogP contribution in [0, 0.1) is 0 Å². The first-order valence-electron chi connectivity index (χ1n) is 16.5. The molecule has 0 saturated carbocycles. The molecular formula is C45H32S. The predicted molar refractivity (Wildman–Crippen MR) is 202 cm³/mol. The number of benzene rings is 8. The Morgan fingerprint density at radius 3 is 1.87 bits per heavy atom. The van der Waals surface area contributed by atoms with Crippen molar-refractivity contribution in [3.63, 3.8) is 0 Å². The Kier molecular flexibility index (Phi) is 6.05. The van der Waals surface area contributed by atoms with Crippen LogP contribution in [0.1, 0.15) is 26.7 Å². The summed E-state index contributed by atoms with van der Waals surface area (Å²) >= 11 is 1.90. The van der Waals surface area contributed by atoms with E-state index >= 15 is 0 Å². The third-order valence-corrected chi connectivity index (χ3v) is 10.7. The van der Waals surface area contributed by atoms with Crippen molar-refractivity contribution in [1.82, 2.24) is 0 Å². The molecule has 9 aromatic rings. The van der Waals surface area contributed by atoms with Gasteiger partial charge in [-0.25, -0.2) is 0 Å². The molecule has 0 amide bonds. The smallest absolute Gasteiger partial charge is 0.0623 e. The Hall–Kier alpha value is -5.24. The van der Waals surface area contributed by atoms with Gasteiger partial charge in [-0.15, -0.1) is 11.3 Å². The van der Waals surface area contributed by atoms with Crippen molar-refractivity contribution in [1.29, 1.82) is 0 Å². The summed E-state index contributed by atoms with van der Waals surface area (Å²) in [6.45, 7) is 4.53. The van der Waals surface area contributed by atoms with Gasteiger partial charge in [0, 0.05) is 20.2 Å². The third-order valence-electron chi connectivity index (χ3n) is 9.55. The minimum atomic E-state index is 0.509. The van der Waals surface area contributed by atoms with E-state index in [-0.39, 0.29) is 0 Å². The van der Waals surface area contributed by atoms with Crippen LogP contribution in [0.5, 0.6) is 0 Å². The normalized spacial score (nSPS) is 12.2. The van der Waals surface area contributed by atoms with Crippen LogP contribution in [-0.2, 0) is 0 Å². The lowest BCUT2D eigenvalue weighted by Gasteiger charge is -2.18. The third kappa shape index (κ3) is 4.27. The van der Waals surface area contributed by atoms with Crippen molar-refractivity contribution in [3.05, 3.63) is 157 Å². The molecule has 0 nitrogen and oxygen atoms in total. The molecule has 0 unspecified atom stereocenters. The molecule has 9 rings (SSSR count). The average Bonchev–Trinajstić information content (AvgIpc) is 3.48. The number of hydrogen-bond donors (Lipinski definition) is 0. The van der Waals surface area contributed by atoms with Gasteiger partial charge in [0.25, 0.3) is 0 Å². The van der Waals surface area contributed by atoms with Crippen molar-refractivity contribution in [2.75, 3.05) is 0 Å². The lowest BCUT2D eigenvalue weighted by Crippen LogP contribution is -1.91. The molecule has 0 saturated heterocycles. The van der Waals surface area contributed by atoms with E-state index in [0.29, 0.717) is 12.0 Å². The Morgan fingerprint density at radius 1 is 0.478 bits per heavy atom. The van der Waals surface area contributed by atoms with E-state index in [0.717, 1.165) is 10.8 Å². The van der Waals surface area contributed by atoms with E-state index in [1.165, 1.54) is 80.7 Å². The number of hydrogen-bond acceptors (Lipinski definition) is 1. The quantitative estimate of drug-likeness (QED) is 0.175. The van der Waals surface area contributed by atoms with Crippen LogP contribution in [0.25, 0.3) is 85.9 Å². The van der Waals surface area contributed by atoms with Crippen molar-refractivity contribution in [3.8, 4) is 33.4 Å². The Balaban J connectivity index is 1.28. The molecule has 46 heavy (non-hydrogen) atoms. The van der Waals surface area contributed by atoms with Gasteiger partial charge >= 0.3 is 0 Å². The zero-order valence-corrected chi connectivity index (χ0v) is 26.7. The molecule has 0 aliphatic rings. The summed E-state index contributed by atoms with van der Waals surface area (Å²) in [5.74, 6) is 0.509. The van der Waals surface area contributed by atoms with Crippen LogP contribution in [0.2, 0.25) is 0 Å². The maximum atomic E-state index is 8.07. The maximum absolute atomic E-state index is 8.07. The van der Waals surface area contributed by atoms with E-state index in [9.17, 15) is 0 Å². The molecule has 8 aromatic carbocycles. The highest BCUT2D eigenvalue weighted by molar-refractivity contribution is 7.26. The van der Waals surface area contributed by atoms with Crippen LogP contribution < -0.4 is 0 Å². The molecule has 0 bridgehead atoms. The summed E-state index contributed by atoms with van der Waals surface area (Å²) in [5.41, 5.74) is 8.85. The van der Waals surface area contributed by atoms with Crippen LogP contribution in [0.4, 0.5) is 0 Å². The van der Waals surface area contributed by atoms with Crippen molar-refractivity contribution >= 4 is 63.8 Å². The molecule has 1 heterocycles. The van der Waals surface area contributed by atoms with Crippen molar-refractivity contribution < 1.29 is 1.37 Å². The van der Waals surface area contributed by atoms with Crippen LogP contribution in [-0.4, -0.2) is 0 Å². The number of thiophene rings is 1. The molecule has 0 N–H and O–H groups in total. The van der Waals surface area contributed by atoms with Gasteiger partial charge in [0.05, 0.1) is 1.37 Å². The SMILES string of the molecule is [2H]c1ccc2cc(-c3c4ccccc4c(-c4cccc(-c5cccc6sc7cc(C(C)C)ccc7c56)c4)c4ccccc34)ccc2c1. The molecule has 0 aliphatic carbocycles. The van der Waals surface area contributed by atoms with Gasteiger partial charge in [-0.3, -0.25) is 0 Å². The second-order valence-corrected chi connectivity index (χ2v) is 13.7. The standard InChI is InChI=1S/C45H32S/c1-28(2)30-23-24-40-42(27-30)46-41-20-10-19-35(45(40)41)32-13-9-14-33(26-32)43-36-15-5-7-17-38(36)44(39-18-8-6-16-37(39)43)34-22-21-29-11-3-4-12-31(29)25-34/h3-28H,1-2H3/i3D. The fourth-order valence-corrected chi connectivity index (χ4v) is 8.50. The summed E-state index contributed by atoms with van der Waals surface area (Å²) < 4.78 is 10.8. The fraction of sp³-hybridized carbons (Fsp3) is 0.0667. The van der Waals surface area contributed by atoms with Gasteiger partial charge < -0.3 is 0 Å². The average molecular weight is 606 g/mol. The molecule has 1 aromatic heterocycles. The maximum Gasteiger partial charge on any atom is 0.0623 e. The Bertz CT molecular complexity index is 2620. The molecule has 0 aliphatic heterocycles. The first kappa shape index (κ1) is 26.0. The monoisotopic (exact) mass is 605 g/mol. The van der Waals surface area contributed by atoms with Gasteiger partial charge in [0.1, 0.15) is 0 Å². The van der Waals surface area contributed by atoms with Gasteiger partial charge in [0.2, 0.25) is 0 Å². The Labute approximate surface area is 274 Å². The molecule has 1 heteroatoms. The fourth-order valence-electron chi connectivity index (χ4n) is 7.32. The lowest BCUT2D eigenvalue weighted by atomic mass is 9.85. The van der Waals surface area contributed by atoms with Crippen molar-refractivity contribution in [2.45, 2.75) is 19.8 Å². The van der Waals surface area contributed by atoms with Gasteiger partial charge in [0.15, 0.2) is 0 Å². The summed E-state index contributed by atoms with van der Waals surface area (Å²) in [4.78, 5) is 0. The molecular weight excluding hydrogens is 573 g/mol. The van der Waals surface area contributed by atoms with Crippen LogP contribution in [0.15, 0.2) is 152 Å². The van der Waals surface area contributed by atoms with E-state index < -0.39 is 0 Å². The van der Waals surface area contributed by atoms with Gasteiger partial charge in [-0.05, 0) is 101 Å². The van der Waals surface area contributed by atoms with Gasteiger partial charge in [-0.1, -0.05) is 141 Å². The molecule has 218 valence electrons. The number of rotatable bonds is 4. The van der Waals surface area contributed by atoms with E-state index in [2.05, 4.69) is 147 Å². The lowest BCUT2D eigenvalue weighted by molar-refractivity contribution is 0.869. The molecule has 0 radical (unpaired) electrons. The van der Waals surface area contributed by atoms with Gasteiger partial charge in [-0.2, -0.15) is 0 Å². The second-order valence-electron chi connectivity index (χ2n) is 12.6. The highest BCUT2D eigenvalue weighted by Gasteiger charge is 2.18. The molecule has 0 spiro atoms. The summed E-state index contributed by atoms with van der Waals surface area (Å²) in [6.07, 6.45) is 0. The first-order valence-corrected chi connectivity index (χ1v) is 16.9. The van der Waals surface area contributed by atoms with E-state index in [4.69, 9.17) is 1.37 Å². The van der Waals surface area contributed by atoms with E-state index in [1.807, 2.05) is 23.5 Å². The largest absolute Gasteiger partial charge is 0.135 e. The number of fused-ring (bicyclic) bond motifs is 6. The molecule has 0 fully saturated rings. The highest BCUT2D eigenvalue weighted by Crippen LogP contribution is 2.46. The molecule has 0 atom stereocenters. The second kappa shape index (κ2) is 10.7. The van der Waals surface area contributed by atoms with E-state index in [1.54, 1.807) is 0 Å². The zero-order chi connectivity index (χ0) is 31.6. The summed E-state index contributed by atoms with van der Waals surface area (Å²) in [5, 5.41) is 9.92. The highest BCUT2D eigenvalue weighted by atomic mass is 32.1. The van der Waals surface area contributed by atoms with Crippen molar-refractivity contribution in [2.24, 2.45) is 0 Å². The summed E-state index contributed by atoms with van der Waals surface area (Å²) in [7, 11) is 0. The van der Waals surface area contributed by atoms with Crippen LogP contribution >= 0.6 is 11.3 Å². The summed E-state index contributed by atoms with van der Waals surface area (Å²) in [6, 6.07) is 53.7. The minimum absolute atomic E-state index is 0.509. The predicted octanol–water partition coefficient (Wildman–Crippen LogP) is 13.6. The topological polar surface area (TPSA) is 0 Å². The van der Waals surface area contributed by atoms with Crippen LogP contribution in [0.3, 0.4) is 0 Å². The Morgan fingerprint density at radius 2 is 1.15 bits per heavy atom. The minimum Gasteiger partial charge on any atom is -0.135 e. The zero-order valence-electron chi connectivity index (χ0n) is 26.8. The first-order chi connectivity index (χ1) is 23.0.